The minimum absolute atomic E-state index is 0.0937. The standard InChI is InChI=1S/C23H23NO5/c25-18(17-8-4-5-10-24-17)9-11-28-16-12-19(26)23-20(27)14-21(29-22(23)13-16)15-6-2-1-3-7-15/h1-3,6-7,12-14,17,24,26H,4-5,8-11H2. The molecule has 1 aliphatic rings. The van der Waals surface area contributed by atoms with E-state index in [1.54, 1.807) is 6.07 Å². The molecule has 6 nitrogen and oxygen atoms in total. The molecular formula is C23H23NO5. The largest absolute Gasteiger partial charge is 0.507 e. The summed E-state index contributed by atoms with van der Waals surface area (Å²) >= 11 is 0. The van der Waals surface area contributed by atoms with Gasteiger partial charge in [0.1, 0.15) is 28.2 Å². The summed E-state index contributed by atoms with van der Waals surface area (Å²) in [5.41, 5.74) is 0.683. The van der Waals surface area contributed by atoms with Crippen LogP contribution < -0.4 is 15.5 Å². The van der Waals surface area contributed by atoms with Crippen molar-refractivity contribution in [3.63, 3.8) is 0 Å². The zero-order valence-corrected chi connectivity index (χ0v) is 16.0. The summed E-state index contributed by atoms with van der Waals surface area (Å²) in [4.78, 5) is 24.7. The molecule has 6 heteroatoms. The van der Waals surface area contributed by atoms with Gasteiger partial charge in [-0.25, -0.2) is 0 Å². The molecule has 0 aliphatic carbocycles. The number of phenolic OH excluding ortho intramolecular Hbond substituents is 1. The average molecular weight is 393 g/mol. The Morgan fingerprint density at radius 2 is 2.00 bits per heavy atom. The third kappa shape index (κ3) is 4.32. The van der Waals surface area contributed by atoms with Gasteiger partial charge in [0.05, 0.1) is 12.6 Å². The topological polar surface area (TPSA) is 88.8 Å². The van der Waals surface area contributed by atoms with Crippen LogP contribution in [0.2, 0.25) is 0 Å². The van der Waals surface area contributed by atoms with Crippen molar-refractivity contribution in [1.29, 1.82) is 0 Å². The van der Waals surface area contributed by atoms with Crippen molar-refractivity contribution < 1.29 is 19.1 Å². The van der Waals surface area contributed by atoms with E-state index in [9.17, 15) is 14.7 Å². The van der Waals surface area contributed by atoms with Crippen molar-refractivity contribution in [1.82, 2.24) is 5.32 Å². The van der Waals surface area contributed by atoms with Crippen LogP contribution in [-0.2, 0) is 4.79 Å². The summed E-state index contributed by atoms with van der Waals surface area (Å²) in [6, 6.07) is 13.5. The van der Waals surface area contributed by atoms with Crippen molar-refractivity contribution in [2.45, 2.75) is 31.7 Å². The maximum atomic E-state index is 12.5. The van der Waals surface area contributed by atoms with Crippen LogP contribution in [0.25, 0.3) is 22.3 Å². The van der Waals surface area contributed by atoms with Crippen molar-refractivity contribution in [2.75, 3.05) is 13.2 Å². The van der Waals surface area contributed by atoms with E-state index in [1.165, 1.54) is 12.1 Å². The Bertz CT molecular complexity index is 1070. The molecule has 0 amide bonds. The van der Waals surface area contributed by atoms with Crippen LogP contribution in [0, 0.1) is 0 Å². The quantitative estimate of drug-likeness (QED) is 0.665. The molecule has 1 fully saturated rings. The van der Waals surface area contributed by atoms with Crippen molar-refractivity contribution in [3.05, 3.63) is 58.8 Å². The zero-order valence-electron chi connectivity index (χ0n) is 16.0. The minimum atomic E-state index is -0.326. The first-order chi connectivity index (χ1) is 14.1. The fourth-order valence-corrected chi connectivity index (χ4v) is 3.64. The average Bonchev–Trinajstić information content (AvgIpc) is 2.74. The second kappa shape index (κ2) is 8.49. The molecule has 2 aromatic carbocycles. The predicted octanol–water partition coefficient (Wildman–Crippen LogP) is 3.65. The van der Waals surface area contributed by atoms with Gasteiger partial charge in [-0.2, -0.15) is 0 Å². The second-order valence-electron chi connectivity index (χ2n) is 7.22. The molecule has 0 saturated carbocycles. The lowest BCUT2D eigenvalue weighted by atomic mass is 10.00. The third-order valence-electron chi connectivity index (χ3n) is 5.16. The summed E-state index contributed by atoms with van der Waals surface area (Å²) in [7, 11) is 0. The summed E-state index contributed by atoms with van der Waals surface area (Å²) in [5.74, 6) is 0.699. The van der Waals surface area contributed by atoms with Crippen molar-refractivity contribution in [3.8, 4) is 22.8 Å². The molecule has 1 aromatic heterocycles. The third-order valence-corrected chi connectivity index (χ3v) is 5.16. The van der Waals surface area contributed by atoms with E-state index < -0.39 is 0 Å². The van der Waals surface area contributed by atoms with Crippen LogP contribution in [0.15, 0.2) is 57.7 Å². The fourth-order valence-electron chi connectivity index (χ4n) is 3.64. The maximum Gasteiger partial charge on any atom is 0.197 e. The molecule has 29 heavy (non-hydrogen) atoms. The number of ether oxygens (including phenoxy) is 1. The molecule has 0 bridgehead atoms. The number of ketones is 1. The molecule has 1 saturated heterocycles. The van der Waals surface area contributed by atoms with Gasteiger partial charge in [0.2, 0.25) is 0 Å². The highest BCUT2D eigenvalue weighted by molar-refractivity contribution is 5.86. The number of fused-ring (bicyclic) bond motifs is 1. The van der Waals surface area contributed by atoms with Crippen LogP contribution in [0.1, 0.15) is 25.7 Å². The van der Waals surface area contributed by atoms with E-state index >= 15 is 0 Å². The summed E-state index contributed by atoms with van der Waals surface area (Å²) in [6.07, 6.45) is 3.31. The maximum absolute atomic E-state index is 12.5. The smallest absolute Gasteiger partial charge is 0.197 e. The fraction of sp³-hybridized carbons (Fsp3) is 0.304. The Balaban J connectivity index is 1.53. The van der Waals surface area contributed by atoms with E-state index in [4.69, 9.17) is 9.15 Å². The monoisotopic (exact) mass is 393 g/mol. The molecule has 3 aromatic rings. The number of Topliss-reactive ketones (excluding diaryl/α,β-unsaturated/α-hetero) is 1. The SMILES string of the molecule is O=C(CCOc1cc(O)c2c(=O)cc(-c3ccccc3)oc2c1)C1CCCCN1. The number of carbonyl (C=O) groups excluding carboxylic acids is 1. The number of benzene rings is 2. The van der Waals surface area contributed by atoms with Gasteiger partial charge in [-0.3, -0.25) is 9.59 Å². The number of nitrogens with one attached hydrogen (secondary N) is 1. The highest BCUT2D eigenvalue weighted by Gasteiger charge is 2.20. The molecule has 1 unspecified atom stereocenters. The lowest BCUT2D eigenvalue weighted by Gasteiger charge is -2.22. The van der Waals surface area contributed by atoms with Crippen LogP contribution in [0.3, 0.4) is 0 Å². The first kappa shape index (κ1) is 19.2. The van der Waals surface area contributed by atoms with Crippen LogP contribution in [0.4, 0.5) is 0 Å². The van der Waals surface area contributed by atoms with E-state index in [-0.39, 0.29) is 47.0 Å². The molecule has 2 heterocycles. The summed E-state index contributed by atoms with van der Waals surface area (Å²) < 4.78 is 11.5. The van der Waals surface area contributed by atoms with Crippen molar-refractivity contribution in [2.24, 2.45) is 0 Å². The number of phenols is 1. The lowest BCUT2D eigenvalue weighted by molar-refractivity contribution is -0.122. The minimum Gasteiger partial charge on any atom is -0.507 e. The first-order valence-corrected chi connectivity index (χ1v) is 9.87. The molecular weight excluding hydrogens is 370 g/mol. The molecule has 150 valence electrons. The summed E-state index contributed by atoms with van der Waals surface area (Å²) in [5, 5.41) is 13.6. The highest BCUT2D eigenvalue weighted by atomic mass is 16.5. The van der Waals surface area contributed by atoms with Gasteiger partial charge in [0, 0.05) is 30.2 Å². The molecule has 2 N–H and O–H groups in total. The van der Waals surface area contributed by atoms with Crippen LogP contribution >= 0.6 is 0 Å². The molecule has 0 spiro atoms. The number of hydrogen-bond donors (Lipinski definition) is 2. The Morgan fingerprint density at radius 3 is 2.76 bits per heavy atom. The van der Waals surface area contributed by atoms with E-state index in [1.807, 2.05) is 30.3 Å². The van der Waals surface area contributed by atoms with Gasteiger partial charge in [-0.05, 0) is 19.4 Å². The van der Waals surface area contributed by atoms with E-state index in [0.717, 1.165) is 31.4 Å². The van der Waals surface area contributed by atoms with Gasteiger partial charge >= 0.3 is 0 Å². The number of piperidine rings is 1. The molecule has 1 atom stereocenters. The zero-order chi connectivity index (χ0) is 20.2. The van der Waals surface area contributed by atoms with Gasteiger partial charge in [-0.15, -0.1) is 0 Å². The Hall–Kier alpha value is -3.12. The Kier molecular flexibility index (Phi) is 5.62. The Morgan fingerprint density at radius 1 is 1.17 bits per heavy atom. The van der Waals surface area contributed by atoms with Gasteiger partial charge in [-0.1, -0.05) is 36.8 Å². The number of aromatic hydroxyl groups is 1. The van der Waals surface area contributed by atoms with E-state index in [2.05, 4.69) is 5.32 Å². The lowest BCUT2D eigenvalue weighted by Crippen LogP contribution is -2.40. The Labute approximate surface area is 168 Å². The molecule has 4 rings (SSSR count). The predicted molar refractivity (Wildman–Crippen MR) is 110 cm³/mol. The van der Waals surface area contributed by atoms with Gasteiger partial charge in [0.15, 0.2) is 11.2 Å². The van der Waals surface area contributed by atoms with Crippen molar-refractivity contribution >= 4 is 16.8 Å². The highest BCUT2D eigenvalue weighted by Crippen LogP contribution is 2.31. The van der Waals surface area contributed by atoms with Crippen LogP contribution in [0.5, 0.6) is 11.5 Å². The first-order valence-electron chi connectivity index (χ1n) is 9.87. The molecule has 0 radical (unpaired) electrons. The second-order valence-corrected chi connectivity index (χ2v) is 7.22. The van der Waals surface area contributed by atoms with Gasteiger partial charge in [0.25, 0.3) is 0 Å². The number of rotatable bonds is 6. The van der Waals surface area contributed by atoms with Crippen LogP contribution in [-0.4, -0.2) is 30.1 Å². The summed E-state index contributed by atoms with van der Waals surface area (Å²) in [6.45, 7) is 1.07. The number of hydrogen-bond acceptors (Lipinski definition) is 6. The number of carbonyl (C=O) groups is 1. The van der Waals surface area contributed by atoms with Gasteiger partial charge < -0.3 is 19.6 Å². The van der Waals surface area contributed by atoms with E-state index in [0.29, 0.717) is 11.5 Å². The normalized spacial score (nSPS) is 16.6. The molecule has 1 aliphatic heterocycles.